The first-order valence-electron chi connectivity index (χ1n) is 9.34. The zero-order valence-electron chi connectivity index (χ0n) is 17.2. The molecule has 0 bridgehead atoms. The highest BCUT2D eigenvalue weighted by Crippen LogP contribution is 2.17. The molecule has 27 heavy (non-hydrogen) atoms. The number of unbranched alkanes of at least 4 members (excludes halogenated alkanes) is 3. The molecule has 1 aromatic rings. The third-order valence-corrected chi connectivity index (χ3v) is 6.38. The molecule has 0 saturated carbocycles. The topological polar surface area (TPSA) is 73.8 Å². The van der Waals surface area contributed by atoms with Crippen LogP contribution < -0.4 is 10.6 Å². The molecule has 1 rings (SSSR count). The van der Waals surface area contributed by atoms with Crippen LogP contribution in [0.15, 0.2) is 34.2 Å². The number of rotatable bonds is 10. The molecule has 0 aliphatic heterocycles. The Hall–Kier alpha value is -0.870. The van der Waals surface area contributed by atoms with Gasteiger partial charge in [-0.3, -0.25) is 4.99 Å². The standard InChI is InChI=1S/C19H34N4O2S.HI/c1-6-7-8-9-14-21-19(20-4)22-15-17-10-12-18(13-11-17)26(24,25)23(5)16(2)3;/h10-13,16H,6-9,14-15H2,1-5H3,(H2,20,21,22);1H. The second-order valence-corrected chi connectivity index (χ2v) is 8.67. The van der Waals surface area contributed by atoms with E-state index in [0.717, 1.165) is 24.5 Å². The van der Waals surface area contributed by atoms with Crippen LogP contribution in [0.25, 0.3) is 0 Å². The molecule has 8 heteroatoms. The molecule has 1 aromatic carbocycles. The zero-order valence-corrected chi connectivity index (χ0v) is 20.3. The number of sulfonamides is 1. The van der Waals surface area contributed by atoms with Gasteiger partial charge in [0.1, 0.15) is 0 Å². The van der Waals surface area contributed by atoms with Gasteiger partial charge in [-0.2, -0.15) is 4.31 Å². The van der Waals surface area contributed by atoms with E-state index in [4.69, 9.17) is 0 Å². The molecular weight excluding hydrogens is 475 g/mol. The Morgan fingerprint density at radius 3 is 2.26 bits per heavy atom. The van der Waals surface area contributed by atoms with Gasteiger partial charge >= 0.3 is 0 Å². The van der Waals surface area contributed by atoms with E-state index in [9.17, 15) is 8.42 Å². The van der Waals surface area contributed by atoms with E-state index in [2.05, 4.69) is 22.5 Å². The zero-order chi connectivity index (χ0) is 19.6. The van der Waals surface area contributed by atoms with Crippen LogP contribution in [0.4, 0.5) is 0 Å². The predicted octanol–water partition coefficient (Wildman–Crippen LogP) is 3.58. The lowest BCUT2D eigenvalue weighted by atomic mass is 10.2. The van der Waals surface area contributed by atoms with Crippen LogP contribution in [-0.4, -0.2) is 45.4 Å². The van der Waals surface area contributed by atoms with E-state index in [1.54, 1.807) is 26.2 Å². The van der Waals surface area contributed by atoms with Crippen LogP contribution >= 0.6 is 24.0 Å². The van der Waals surface area contributed by atoms with Crippen LogP contribution in [0.1, 0.15) is 52.0 Å². The summed E-state index contributed by atoms with van der Waals surface area (Å²) in [5, 5.41) is 6.55. The molecule has 0 aliphatic rings. The number of hydrogen-bond donors (Lipinski definition) is 2. The van der Waals surface area contributed by atoms with Crippen molar-refractivity contribution in [3.63, 3.8) is 0 Å². The number of aliphatic imine (C=N–C) groups is 1. The second kappa shape index (κ2) is 13.3. The number of halogens is 1. The molecular formula is C19H35IN4O2S. The lowest BCUT2D eigenvalue weighted by Gasteiger charge is -2.21. The Labute approximate surface area is 182 Å². The minimum atomic E-state index is -3.43. The van der Waals surface area contributed by atoms with Crippen molar-refractivity contribution < 1.29 is 8.42 Å². The van der Waals surface area contributed by atoms with Crippen molar-refractivity contribution in [2.75, 3.05) is 20.6 Å². The number of nitrogens with one attached hydrogen (secondary N) is 2. The molecule has 0 atom stereocenters. The van der Waals surface area contributed by atoms with Gasteiger partial charge in [0.25, 0.3) is 0 Å². The molecule has 0 saturated heterocycles. The van der Waals surface area contributed by atoms with Crippen molar-refractivity contribution in [3.8, 4) is 0 Å². The highest BCUT2D eigenvalue weighted by Gasteiger charge is 2.22. The average molecular weight is 510 g/mol. The molecule has 0 aliphatic carbocycles. The Balaban J connectivity index is 0.00000676. The second-order valence-electron chi connectivity index (χ2n) is 6.67. The summed E-state index contributed by atoms with van der Waals surface area (Å²) in [6.45, 7) is 7.41. The SMILES string of the molecule is CCCCCCNC(=NC)NCc1ccc(S(=O)(=O)N(C)C(C)C)cc1.I. The normalized spacial score (nSPS) is 12.2. The van der Waals surface area contributed by atoms with Gasteiger partial charge in [-0.05, 0) is 38.0 Å². The maximum absolute atomic E-state index is 12.5. The Bertz CT molecular complexity index is 661. The fourth-order valence-corrected chi connectivity index (χ4v) is 3.76. The summed E-state index contributed by atoms with van der Waals surface area (Å²) in [7, 11) is -0.0822. The lowest BCUT2D eigenvalue weighted by molar-refractivity contribution is 0.410. The monoisotopic (exact) mass is 510 g/mol. The molecule has 156 valence electrons. The minimum Gasteiger partial charge on any atom is -0.356 e. The molecule has 2 N–H and O–H groups in total. The van der Waals surface area contributed by atoms with E-state index in [1.807, 2.05) is 26.0 Å². The van der Waals surface area contributed by atoms with E-state index >= 15 is 0 Å². The number of nitrogens with zero attached hydrogens (tertiary/aromatic N) is 2. The van der Waals surface area contributed by atoms with Gasteiger partial charge in [0.15, 0.2) is 5.96 Å². The summed E-state index contributed by atoms with van der Waals surface area (Å²) in [6.07, 6.45) is 4.84. The molecule has 0 spiro atoms. The summed E-state index contributed by atoms with van der Waals surface area (Å²) in [5.41, 5.74) is 1.00. The summed E-state index contributed by atoms with van der Waals surface area (Å²) in [4.78, 5) is 4.53. The van der Waals surface area contributed by atoms with Crippen molar-refractivity contribution in [2.24, 2.45) is 4.99 Å². The summed E-state index contributed by atoms with van der Waals surface area (Å²) in [5.74, 6) is 0.762. The minimum absolute atomic E-state index is 0. The van der Waals surface area contributed by atoms with Gasteiger partial charge < -0.3 is 10.6 Å². The van der Waals surface area contributed by atoms with Gasteiger partial charge in [-0.15, -0.1) is 24.0 Å². The first kappa shape index (κ1) is 26.1. The van der Waals surface area contributed by atoms with E-state index in [-0.39, 0.29) is 30.0 Å². The van der Waals surface area contributed by atoms with Crippen molar-refractivity contribution in [3.05, 3.63) is 29.8 Å². The third-order valence-electron chi connectivity index (χ3n) is 4.33. The lowest BCUT2D eigenvalue weighted by Crippen LogP contribution is -2.37. The third kappa shape index (κ3) is 8.78. The van der Waals surface area contributed by atoms with Gasteiger partial charge in [0.05, 0.1) is 4.90 Å². The molecule has 0 amide bonds. The van der Waals surface area contributed by atoms with Crippen molar-refractivity contribution in [1.82, 2.24) is 14.9 Å². The van der Waals surface area contributed by atoms with Crippen molar-refractivity contribution in [1.29, 1.82) is 0 Å². The van der Waals surface area contributed by atoms with Gasteiger partial charge in [0, 0.05) is 33.2 Å². The van der Waals surface area contributed by atoms with E-state index in [0.29, 0.717) is 11.4 Å². The average Bonchev–Trinajstić information content (AvgIpc) is 2.63. The quantitative estimate of drug-likeness (QED) is 0.219. The molecule has 6 nitrogen and oxygen atoms in total. The number of hydrogen-bond acceptors (Lipinski definition) is 3. The van der Waals surface area contributed by atoms with Crippen molar-refractivity contribution >= 4 is 40.0 Å². The van der Waals surface area contributed by atoms with Crippen molar-refractivity contribution in [2.45, 2.75) is 63.9 Å². The molecule has 0 aromatic heterocycles. The Kier molecular flexibility index (Phi) is 12.9. The first-order valence-corrected chi connectivity index (χ1v) is 10.8. The first-order chi connectivity index (χ1) is 12.3. The van der Waals surface area contributed by atoms with Crippen LogP contribution in [0, 0.1) is 0 Å². The van der Waals surface area contributed by atoms with Crippen LogP contribution in [0.5, 0.6) is 0 Å². The highest BCUT2D eigenvalue weighted by atomic mass is 127. The fourth-order valence-electron chi connectivity index (χ4n) is 2.39. The molecule has 0 heterocycles. The fraction of sp³-hybridized carbons (Fsp3) is 0.632. The van der Waals surface area contributed by atoms with Crippen LogP contribution in [0.2, 0.25) is 0 Å². The Morgan fingerprint density at radius 1 is 1.11 bits per heavy atom. The number of benzene rings is 1. The highest BCUT2D eigenvalue weighted by molar-refractivity contribution is 14.0. The van der Waals surface area contributed by atoms with E-state index < -0.39 is 10.0 Å². The Morgan fingerprint density at radius 2 is 1.74 bits per heavy atom. The van der Waals surface area contributed by atoms with Crippen LogP contribution in [0.3, 0.4) is 0 Å². The largest absolute Gasteiger partial charge is 0.356 e. The molecule has 0 unspecified atom stereocenters. The van der Waals surface area contributed by atoms with Gasteiger partial charge in [-0.25, -0.2) is 8.42 Å². The predicted molar refractivity (Wildman–Crippen MR) is 124 cm³/mol. The summed E-state index contributed by atoms with van der Waals surface area (Å²) >= 11 is 0. The summed E-state index contributed by atoms with van der Waals surface area (Å²) in [6, 6.07) is 6.91. The van der Waals surface area contributed by atoms with Gasteiger partial charge in [-0.1, -0.05) is 38.3 Å². The molecule has 0 fully saturated rings. The van der Waals surface area contributed by atoms with Gasteiger partial charge in [0.2, 0.25) is 10.0 Å². The smallest absolute Gasteiger partial charge is 0.243 e. The summed E-state index contributed by atoms with van der Waals surface area (Å²) < 4.78 is 26.3. The van der Waals surface area contributed by atoms with Crippen LogP contribution in [-0.2, 0) is 16.6 Å². The molecule has 0 radical (unpaired) electrons. The maximum Gasteiger partial charge on any atom is 0.243 e. The number of guanidine groups is 1. The van der Waals surface area contributed by atoms with E-state index in [1.165, 1.54) is 23.6 Å². The maximum atomic E-state index is 12.5.